The van der Waals surface area contributed by atoms with Crippen LogP contribution in [0, 0.1) is 10.1 Å². The molecule has 0 aliphatic heterocycles. The average molecular weight is 353 g/mol. The number of halogens is 1. The molecule has 0 aliphatic rings. The maximum absolute atomic E-state index is 10.9. The fourth-order valence-electron chi connectivity index (χ4n) is 2.12. The fraction of sp³-hybridized carbons (Fsp3) is 0.357. The van der Waals surface area contributed by atoms with Crippen molar-refractivity contribution >= 4 is 21.6 Å². The molecule has 6 nitrogen and oxygen atoms in total. The number of nitrogens with one attached hydrogen (secondary N) is 1. The molecule has 0 aliphatic carbocycles. The minimum Gasteiger partial charge on any atom is -0.310 e. The molecular weight excluding hydrogens is 336 g/mol. The number of nitrogens with zero attached hydrogens (tertiary/aromatic N) is 3. The summed E-state index contributed by atoms with van der Waals surface area (Å²) in [5.74, 6) is 0. The van der Waals surface area contributed by atoms with Crippen molar-refractivity contribution in [1.29, 1.82) is 0 Å². The normalized spacial score (nSPS) is 12.3. The van der Waals surface area contributed by atoms with Crippen LogP contribution < -0.4 is 5.32 Å². The second-order valence-corrected chi connectivity index (χ2v) is 5.55. The van der Waals surface area contributed by atoms with Crippen LogP contribution in [0.5, 0.6) is 0 Å². The van der Waals surface area contributed by atoms with Crippen molar-refractivity contribution in [2.75, 3.05) is 6.54 Å². The first-order valence-electron chi connectivity index (χ1n) is 6.70. The number of rotatable bonds is 6. The zero-order valence-electron chi connectivity index (χ0n) is 11.9. The predicted molar refractivity (Wildman–Crippen MR) is 84.2 cm³/mol. The zero-order valence-corrected chi connectivity index (χ0v) is 13.5. The van der Waals surface area contributed by atoms with Gasteiger partial charge >= 0.3 is 0 Å². The minimum absolute atomic E-state index is 0.0703. The van der Waals surface area contributed by atoms with E-state index in [1.54, 1.807) is 10.7 Å². The van der Waals surface area contributed by atoms with Gasteiger partial charge in [-0.25, -0.2) is 0 Å². The second kappa shape index (κ2) is 6.82. The number of benzene rings is 1. The van der Waals surface area contributed by atoms with E-state index in [1.165, 1.54) is 6.07 Å². The Kier molecular flexibility index (Phi) is 5.08. The monoisotopic (exact) mass is 352 g/mol. The molecule has 1 heterocycles. The highest BCUT2D eigenvalue weighted by Gasteiger charge is 2.15. The number of aromatic nitrogens is 2. The summed E-state index contributed by atoms with van der Waals surface area (Å²) in [7, 11) is 0. The molecule has 1 aromatic heterocycles. The first-order chi connectivity index (χ1) is 10.0. The Balaban J connectivity index is 2.19. The van der Waals surface area contributed by atoms with E-state index in [2.05, 4.69) is 40.2 Å². The van der Waals surface area contributed by atoms with Crippen molar-refractivity contribution in [3.8, 4) is 0 Å². The molecular formula is C14H17BrN4O2. The SMILES string of the molecule is CCNC(C)c1cnn(Cc2cccc([N+](=O)[O-])c2Br)c1. The molecule has 1 aromatic carbocycles. The topological polar surface area (TPSA) is 73.0 Å². The molecule has 1 unspecified atom stereocenters. The van der Waals surface area contributed by atoms with Crippen LogP contribution >= 0.6 is 15.9 Å². The highest BCUT2D eigenvalue weighted by Crippen LogP contribution is 2.28. The van der Waals surface area contributed by atoms with Gasteiger partial charge in [0.25, 0.3) is 5.69 Å². The molecule has 2 aromatic rings. The average Bonchev–Trinajstić information content (AvgIpc) is 2.90. The Morgan fingerprint density at radius 2 is 2.29 bits per heavy atom. The Hall–Kier alpha value is -1.73. The van der Waals surface area contributed by atoms with E-state index < -0.39 is 4.92 Å². The van der Waals surface area contributed by atoms with E-state index in [0.29, 0.717) is 11.0 Å². The lowest BCUT2D eigenvalue weighted by atomic mass is 10.2. The van der Waals surface area contributed by atoms with Crippen LogP contribution in [-0.2, 0) is 6.54 Å². The van der Waals surface area contributed by atoms with Gasteiger partial charge in [-0.05, 0) is 35.0 Å². The molecule has 0 saturated carbocycles. The number of hydrogen-bond donors (Lipinski definition) is 1. The van der Waals surface area contributed by atoms with Gasteiger partial charge in [0.05, 0.1) is 17.7 Å². The molecule has 0 bridgehead atoms. The van der Waals surface area contributed by atoms with Crippen molar-refractivity contribution in [3.63, 3.8) is 0 Å². The van der Waals surface area contributed by atoms with Gasteiger partial charge in [0.2, 0.25) is 0 Å². The Morgan fingerprint density at radius 1 is 1.52 bits per heavy atom. The summed E-state index contributed by atoms with van der Waals surface area (Å²) in [6.45, 7) is 5.51. The Labute approximate surface area is 131 Å². The minimum atomic E-state index is -0.394. The van der Waals surface area contributed by atoms with E-state index in [1.807, 2.05) is 18.5 Å². The first-order valence-corrected chi connectivity index (χ1v) is 7.49. The number of nitro benzene ring substituents is 1. The van der Waals surface area contributed by atoms with Crippen LogP contribution in [0.15, 0.2) is 35.1 Å². The van der Waals surface area contributed by atoms with E-state index >= 15 is 0 Å². The van der Waals surface area contributed by atoms with E-state index in [-0.39, 0.29) is 11.7 Å². The van der Waals surface area contributed by atoms with Gasteiger partial charge in [-0.1, -0.05) is 19.1 Å². The van der Waals surface area contributed by atoms with Gasteiger partial charge in [0.15, 0.2) is 0 Å². The molecule has 2 rings (SSSR count). The number of nitro groups is 1. The second-order valence-electron chi connectivity index (χ2n) is 4.76. The Morgan fingerprint density at radius 3 is 2.95 bits per heavy atom. The summed E-state index contributed by atoms with van der Waals surface area (Å²) in [6, 6.07) is 5.25. The molecule has 0 saturated heterocycles. The highest BCUT2D eigenvalue weighted by atomic mass is 79.9. The van der Waals surface area contributed by atoms with Gasteiger partial charge in [-0.3, -0.25) is 14.8 Å². The lowest BCUT2D eigenvalue weighted by Crippen LogP contribution is -2.17. The number of hydrogen-bond acceptors (Lipinski definition) is 4. The van der Waals surface area contributed by atoms with Gasteiger partial charge in [0.1, 0.15) is 4.47 Å². The van der Waals surface area contributed by atoms with Crippen LogP contribution in [-0.4, -0.2) is 21.2 Å². The zero-order chi connectivity index (χ0) is 15.4. The van der Waals surface area contributed by atoms with E-state index in [0.717, 1.165) is 17.7 Å². The van der Waals surface area contributed by atoms with Gasteiger partial charge < -0.3 is 5.32 Å². The van der Waals surface area contributed by atoms with E-state index in [4.69, 9.17) is 0 Å². The molecule has 112 valence electrons. The van der Waals surface area contributed by atoms with Crippen molar-refractivity contribution in [1.82, 2.24) is 15.1 Å². The van der Waals surface area contributed by atoms with Crippen molar-refractivity contribution in [2.45, 2.75) is 26.4 Å². The summed E-state index contributed by atoms with van der Waals surface area (Å²) < 4.78 is 2.29. The lowest BCUT2D eigenvalue weighted by molar-refractivity contribution is -0.385. The Bertz CT molecular complexity index is 642. The van der Waals surface area contributed by atoms with Crippen molar-refractivity contribution in [3.05, 3.63) is 56.3 Å². The molecule has 1 N–H and O–H groups in total. The molecule has 0 radical (unpaired) electrons. The smallest absolute Gasteiger partial charge is 0.283 e. The standard InChI is InChI=1S/C14H17BrN4O2/c1-3-16-10(2)12-7-17-18(9-12)8-11-5-4-6-13(14(11)15)19(20)21/h4-7,9-10,16H,3,8H2,1-2H3. The molecule has 21 heavy (non-hydrogen) atoms. The predicted octanol–water partition coefficient (Wildman–Crippen LogP) is 3.27. The summed E-state index contributed by atoms with van der Waals surface area (Å²) in [5.41, 5.74) is 1.99. The van der Waals surface area contributed by atoms with Crippen LogP contribution in [0.4, 0.5) is 5.69 Å². The first kappa shape index (κ1) is 15.7. The summed E-state index contributed by atoms with van der Waals surface area (Å²) >= 11 is 3.30. The van der Waals surface area contributed by atoms with Gasteiger partial charge in [-0.2, -0.15) is 5.10 Å². The summed E-state index contributed by atoms with van der Waals surface area (Å²) in [6.07, 6.45) is 3.77. The molecule has 1 atom stereocenters. The third-order valence-corrected chi connectivity index (χ3v) is 4.17. The highest BCUT2D eigenvalue weighted by molar-refractivity contribution is 9.10. The largest absolute Gasteiger partial charge is 0.310 e. The maximum atomic E-state index is 10.9. The fourth-order valence-corrected chi connectivity index (χ4v) is 2.65. The van der Waals surface area contributed by atoms with Crippen molar-refractivity contribution < 1.29 is 4.92 Å². The third kappa shape index (κ3) is 3.68. The van der Waals surface area contributed by atoms with Crippen LogP contribution in [0.2, 0.25) is 0 Å². The van der Waals surface area contributed by atoms with Crippen molar-refractivity contribution in [2.24, 2.45) is 0 Å². The van der Waals surface area contributed by atoms with Crippen LogP contribution in [0.1, 0.15) is 31.0 Å². The maximum Gasteiger partial charge on any atom is 0.283 e. The molecule has 0 fully saturated rings. The van der Waals surface area contributed by atoms with Crippen LogP contribution in [0.25, 0.3) is 0 Å². The quantitative estimate of drug-likeness (QED) is 0.639. The molecule has 0 amide bonds. The lowest BCUT2D eigenvalue weighted by Gasteiger charge is -2.09. The molecule has 0 spiro atoms. The van der Waals surface area contributed by atoms with Gasteiger partial charge in [-0.15, -0.1) is 0 Å². The molecule has 7 heteroatoms. The summed E-state index contributed by atoms with van der Waals surface area (Å²) in [5, 5.41) is 18.6. The summed E-state index contributed by atoms with van der Waals surface area (Å²) in [4.78, 5) is 10.5. The third-order valence-electron chi connectivity index (χ3n) is 3.25. The van der Waals surface area contributed by atoms with Gasteiger partial charge in [0, 0.05) is 23.9 Å². The van der Waals surface area contributed by atoms with Crippen LogP contribution in [0.3, 0.4) is 0 Å². The van der Waals surface area contributed by atoms with E-state index in [9.17, 15) is 10.1 Å².